The third-order valence-electron chi connectivity index (χ3n) is 4.08. The van der Waals surface area contributed by atoms with E-state index in [0.717, 1.165) is 6.42 Å². The van der Waals surface area contributed by atoms with Gasteiger partial charge in [-0.1, -0.05) is 91.6 Å². The van der Waals surface area contributed by atoms with Gasteiger partial charge >= 0.3 is 0 Å². The Labute approximate surface area is 149 Å². The zero-order chi connectivity index (χ0) is 14.9. The van der Waals surface area contributed by atoms with E-state index in [0.29, 0.717) is 0 Å². The summed E-state index contributed by atoms with van der Waals surface area (Å²) in [5.41, 5.74) is 5.61. The second-order valence-electron chi connectivity index (χ2n) is 6.66. The molecule has 0 unspecified atom stereocenters. The molecule has 3 rings (SSSR count). The molecule has 0 atom stereocenters. The minimum Gasteiger partial charge on any atom is -0.0802 e. The van der Waals surface area contributed by atoms with Gasteiger partial charge in [0.2, 0.25) is 0 Å². The van der Waals surface area contributed by atoms with Crippen LogP contribution in [0.3, 0.4) is 0 Å². The van der Waals surface area contributed by atoms with Gasteiger partial charge in [0.15, 0.2) is 0 Å². The van der Waals surface area contributed by atoms with Crippen molar-refractivity contribution in [2.24, 2.45) is 0 Å². The van der Waals surface area contributed by atoms with E-state index in [4.69, 9.17) is 0 Å². The van der Waals surface area contributed by atoms with Crippen molar-refractivity contribution in [3.8, 4) is 11.1 Å². The summed E-state index contributed by atoms with van der Waals surface area (Å²) in [4.78, 5) is 0. The summed E-state index contributed by atoms with van der Waals surface area (Å²) in [6.07, 6.45) is 5.76. The first-order valence-electron chi connectivity index (χ1n) is 7.62. The van der Waals surface area contributed by atoms with Gasteiger partial charge in [-0.05, 0) is 28.7 Å². The summed E-state index contributed by atoms with van der Waals surface area (Å²) < 4.78 is 0. The number of benzene rings is 2. The van der Waals surface area contributed by atoms with Crippen molar-refractivity contribution in [1.29, 1.82) is 0 Å². The normalized spacial score (nSPS) is 14.1. The summed E-state index contributed by atoms with van der Waals surface area (Å²) >= 11 is 0. The van der Waals surface area contributed by atoms with Crippen molar-refractivity contribution in [2.75, 3.05) is 0 Å². The van der Waals surface area contributed by atoms with E-state index >= 15 is 0 Å². The number of hydrogen-bond donors (Lipinski definition) is 0. The van der Waals surface area contributed by atoms with Crippen molar-refractivity contribution in [2.45, 2.75) is 26.1 Å². The van der Waals surface area contributed by atoms with E-state index in [1.807, 2.05) is 0 Å². The van der Waals surface area contributed by atoms with Gasteiger partial charge in [-0.3, -0.25) is 0 Å². The summed E-state index contributed by atoms with van der Waals surface area (Å²) in [6, 6.07) is 19.6. The molecule has 2 heteroatoms. The van der Waals surface area contributed by atoms with Crippen LogP contribution in [0.1, 0.15) is 12.0 Å². The van der Waals surface area contributed by atoms with Crippen LogP contribution in [0.5, 0.6) is 0 Å². The monoisotopic (exact) mass is 485 g/mol. The molecule has 0 aliphatic heterocycles. The van der Waals surface area contributed by atoms with Crippen molar-refractivity contribution in [1.82, 2.24) is 0 Å². The quantitative estimate of drug-likeness (QED) is 0.472. The molecule has 0 saturated heterocycles. The number of rotatable bonds is 3. The predicted molar refractivity (Wildman–Crippen MR) is 95.9 cm³/mol. The zero-order valence-electron chi connectivity index (χ0n) is 13.4. The minimum absolute atomic E-state index is 0. The van der Waals surface area contributed by atoms with Crippen LogP contribution in [0.25, 0.3) is 16.7 Å². The maximum atomic E-state index is 2.43. The van der Waals surface area contributed by atoms with E-state index in [9.17, 15) is 0 Å². The van der Waals surface area contributed by atoms with Crippen LogP contribution in [-0.2, 0) is 21.1 Å². The van der Waals surface area contributed by atoms with Gasteiger partial charge in [-0.25, -0.2) is 0 Å². The maximum Gasteiger partial charge on any atom is 0.0779 e. The molecule has 0 N–H and O–H groups in total. The third kappa shape index (κ3) is 3.42. The SMILES string of the molecule is C[Si](C)(C)C1=C(c2ccccc2-c2ccccc2)CC=C1.[Pt]. The van der Waals surface area contributed by atoms with Crippen LogP contribution in [0, 0.1) is 0 Å². The average molecular weight is 486 g/mol. The van der Waals surface area contributed by atoms with E-state index in [1.165, 1.54) is 22.3 Å². The molecule has 0 amide bonds. The van der Waals surface area contributed by atoms with Crippen LogP contribution in [-0.4, -0.2) is 8.07 Å². The summed E-state index contributed by atoms with van der Waals surface area (Å²) in [5, 5.41) is 1.60. The van der Waals surface area contributed by atoms with Crippen LogP contribution in [0.4, 0.5) is 0 Å². The maximum absolute atomic E-state index is 2.43. The van der Waals surface area contributed by atoms with Crippen molar-refractivity contribution >= 4 is 13.6 Å². The molecule has 0 bridgehead atoms. The molecule has 0 fully saturated rings. The fourth-order valence-electron chi connectivity index (χ4n) is 3.08. The molecule has 0 spiro atoms. The van der Waals surface area contributed by atoms with Crippen LogP contribution in [0.15, 0.2) is 71.9 Å². The third-order valence-corrected chi connectivity index (χ3v) is 6.16. The molecule has 0 heterocycles. The molecule has 1 aliphatic carbocycles. The van der Waals surface area contributed by atoms with Crippen molar-refractivity contribution < 1.29 is 21.1 Å². The zero-order valence-corrected chi connectivity index (χ0v) is 16.6. The summed E-state index contributed by atoms with van der Waals surface area (Å²) in [7, 11) is -1.30. The molecule has 1 aliphatic rings. The average Bonchev–Trinajstić information content (AvgIpc) is 2.98. The minimum atomic E-state index is -1.30. The standard InChI is InChI=1S/C20H22Si.Pt/c1-21(2,3)20-15-9-14-19(20)18-13-8-7-12-17(18)16-10-5-4-6-11-16;/h4-13,15H,14H2,1-3H3;. The molecule has 116 valence electrons. The Morgan fingerprint density at radius 2 is 1.36 bits per heavy atom. The molecule has 0 radical (unpaired) electrons. The van der Waals surface area contributed by atoms with E-state index in [1.54, 1.807) is 5.20 Å². The summed E-state index contributed by atoms with van der Waals surface area (Å²) in [5.74, 6) is 0. The van der Waals surface area contributed by atoms with Gasteiger partial charge in [-0.15, -0.1) is 0 Å². The molecular formula is C20H22PtSi. The molecule has 0 aromatic heterocycles. The van der Waals surface area contributed by atoms with E-state index in [-0.39, 0.29) is 21.1 Å². The topological polar surface area (TPSA) is 0 Å². The number of hydrogen-bond acceptors (Lipinski definition) is 0. The fourth-order valence-corrected chi connectivity index (χ4v) is 4.84. The Morgan fingerprint density at radius 3 is 2.00 bits per heavy atom. The predicted octanol–water partition coefficient (Wildman–Crippen LogP) is 5.94. The Bertz CT molecular complexity index is 706. The number of allylic oxidation sites excluding steroid dienone is 4. The summed E-state index contributed by atoms with van der Waals surface area (Å²) in [6.45, 7) is 7.30. The molecule has 0 saturated carbocycles. The smallest absolute Gasteiger partial charge is 0.0779 e. The second-order valence-corrected chi connectivity index (χ2v) is 11.7. The molecule has 22 heavy (non-hydrogen) atoms. The van der Waals surface area contributed by atoms with Gasteiger partial charge in [0, 0.05) is 21.1 Å². The van der Waals surface area contributed by atoms with Gasteiger partial charge in [0.05, 0.1) is 8.07 Å². The van der Waals surface area contributed by atoms with Gasteiger partial charge < -0.3 is 0 Å². The molecular weight excluding hydrogens is 463 g/mol. The van der Waals surface area contributed by atoms with E-state index in [2.05, 4.69) is 86.4 Å². The van der Waals surface area contributed by atoms with E-state index < -0.39 is 8.07 Å². The Balaban J connectivity index is 0.00000176. The van der Waals surface area contributed by atoms with Gasteiger partial charge in [0.1, 0.15) is 0 Å². The Kier molecular flexibility index (Phi) is 5.42. The van der Waals surface area contributed by atoms with Crippen molar-refractivity contribution in [3.63, 3.8) is 0 Å². The molecule has 2 aromatic carbocycles. The van der Waals surface area contributed by atoms with Crippen molar-refractivity contribution in [3.05, 3.63) is 77.5 Å². The van der Waals surface area contributed by atoms with Crippen LogP contribution >= 0.6 is 0 Å². The fraction of sp³-hybridized carbons (Fsp3) is 0.200. The Morgan fingerprint density at radius 1 is 0.773 bits per heavy atom. The first kappa shape index (κ1) is 17.2. The Hall–Kier alpha value is -1.17. The second kappa shape index (κ2) is 6.94. The largest absolute Gasteiger partial charge is 0.0802 e. The molecule has 0 nitrogen and oxygen atoms in total. The van der Waals surface area contributed by atoms with Gasteiger partial charge in [0.25, 0.3) is 0 Å². The van der Waals surface area contributed by atoms with Gasteiger partial charge in [-0.2, -0.15) is 0 Å². The first-order valence-corrected chi connectivity index (χ1v) is 11.1. The van der Waals surface area contributed by atoms with Crippen LogP contribution < -0.4 is 0 Å². The first-order chi connectivity index (χ1) is 10.1. The molecule has 2 aromatic rings. The van der Waals surface area contributed by atoms with Crippen LogP contribution in [0.2, 0.25) is 19.6 Å².